The standard InChI is InChI=1S/C21H30N2O3S.2ClH/c1-2-25-20-8-3-6-18(21(20)26-17-19-7-4-15-27-19)16-22-9-5-10-23-11-13-24-14-12-23;;/h3-4,6-8,15,22H,2,5,9-14,16-17H2,1H3;2*1H. The highest BCUT2D eigenvalue weighted by atomic mass is 35.5. The summed E-state index contributed by atoms with van der Waals surface area (Å²) in [6.45, 7) is 9.93. The van der Waals surface area contributed by atoms with Crippen molar-refractivity contribution < 1.29 is 14.2 Å². The normalized spacial score (nSPS) is 14.0. The van der Waals surface area contributed by atoms with Gasteiger partial charge in [0.25, 0.3) is 0 Å². The summed E-state index contributed by atoms with van der Waals surface area (Å²) in [5.41, 5.74) is 1.14. The molecule has 0 aliphatic carbocycles. The van der Waals surface area contributed by atoms with E-state index in [9.17, 15) is 0 Å². The lowest BCUT2D eigenvalue weighted by molar-refractivity contribution is 0.0374. The highest BCUT2D eigenvalue weighted by molar-refractivity contribution is 7.09. The number of nitrogens with one attached hydrogen (secondary N) is 1. The number of para-hydroxylation sites is 1. The first-order valence-electron chi connectivity index (χ1n) is 9.77. The summed E-state index contributed by atoms with van der Waals surface area (Å²) in [5, 5.41) is 5.63. The molecule has 0 atom stereocenters. The molecule has 0 bridgehead atoms. The monoisotopic (exact) mass is 462 g/mol. The first-order chi connectivity index (χ1) is 13.4. The van der Waals surface area contributed by atoms with Crippen LogP contribution in [0.15, 0.2) is 35.7 Å². The van der Waals surface area contributed by atoms with Crippen LogP contribution in [0.3, 0.4) is 0 Å². The van der Waals surface area contributed by atoms with Gasteiger partial charge in [0.15, 0.2) is 11.5 Å². The molecule has 29 heavy (non-hydrogen) atoms. The van der Waals surface area contributed by atoms with E-state index in [1.54, 1.807) is 11.3 Å². The van der Waals surface area contributed by atoms with Gasteiger partial charge in [0.2, 0.25) is 0 Å². The van der Waals surface area contributed by atoms with Crippen LogP contribution < -0.4 is 14.8 Å². The molecule has 164 valence electrons. The van der Waals surface area contributed by atoms with Crippen molar-refractivity contribution in [3.63, 3.8) is 0 Å². The molecule has 0 radical (unpaired) electrons. The van der Waals surface area contributed by atoms with E-state index >= 15 is 0 Å². The predicted molar refractivity (Wildman–Crippen MR) is 124 cm³/mol. The topological polar surface area (TPSA) is 43.0 Å². The summed E-state index contributed by atoms with van der Waals surface area (Å²) in [5.74, 6) is 1.68. The molecule has 1 aliphatic rings. The van der Waals surface area contributed by atoms with Gasteiger partial charge in [-0.25, -0.2) is 0 Å². The summed E-state index contributed by atoms with van der Waals surface area (Å²) in [4.78, 5) is 3.68. The summed E-state index contributed by atoms with van der Waals surface area (Å²) in [6, 6.07) is 10.3. The van der Waals surface area contributed by atoms with Crippen molar-refractivity contribution in [3.05, 3.63) is 46.2 Å². The second-order valence-corrected chi connectivity index (χ2v) is 7.56. The van der Waals surface area contributed by atoms with Crippen LogP contribution in [0, 0.1) is 0 Å². The summed E-state index contributed by atoms with van der Waals surface area (Å²) < 4.78 is 17.3. The number of nitrogens with zero attached hydrogens (tertiary/aromatic N) is 1. The van der Waals surface area contributed by atoms with Crippen LogP contribution in [0.25, 0.3) is 0 Å². The Bertz CT molecular complexity index is 668. The number of benzene rings is 1. The largest absolute Gasteiger partial charge is 0.490 e. The Morgan fingerprint density at radius 2 is 1.93 bits per heavy atom. The molecule has 1 fully saturated rings. The van der Waals surface area contributed by atoms with E-state index in [1.807, 2.05) is 19.1 Å². The number of hydrogen-bond acceptors (Lipinski definition) is 6. The van der Waals surface area contributed by atoms with Crippen molar-refractivity contribution >= 4 is 36.2 Å². The minimum Gasteiger partial charge on any atom is -0.490 e. The SMILES string of the molecule is CCOc1cccc(CNCCCN2CCOCC2)c1OCc1cccs1.Cl.Cl. The molecule has 1 N–H and O–H groups in total. The summed E-state index contributed by atoms with van der Waals surface area (Å²) in [7, 11) is 0. The van der Waals surface area contributed by atoms with Crippen LogP contribution in [0.1, 0.15) is 23.8 Å². The van der Waals surface area contributed by atoms with Crippen molar-refractivity contribution in [2.45, 2.75) is 26.5 Å². The zero-order valence-corrected chi connectivity index (χ0v) is 19.4. The number of hydrogen-bond donors (Lipinski definition) is 1. The third-order valence-electron chi connectivity index (χ3n) is 4.55. The lowest BCUT2D eigenvalue weighted by Crippen LogP contribution is -2.37. The van der Waals surface area contributed by atoms with Crippen molar-refractivity contribution in [3.8, 4) is 11.5 Å². The van der Waals surface area contributed by atoms with Crippen LogP contribution in [-0.2, 0) is 17.9 Å². The zero-order valence-electron chi connectivity index (χ0n) is 16.9. The van der Waals surface area contributed by atoms with Gasteiger partial charge in [-0.15, -0.1) is 36.2 Å². The number of thiophene rings is 1. The molecule has 5 nitrogen and oxygen atoms in total. The fourth-order valence-corrected chi connectivity index (χ4v) is 3.76. The van der Waals surface area contributed by atoms with Gasteiger partial charge in [-0.2, -0.15) is 0 Å². The van der Waals surface area contributed by atoms with Crippen LogP contribution in [-0.4, -0.2) is 50.9 Å². The molecule has 2 aromatic rings. The highest BCUT2D eigenvalue weighted by Gasteiger charge is 2.12. The minimum atomic E-state index is 0. The smallest absolute Gasteiger partial charge is 0.166 e. The Hall–Kier alpha value is -1.02. The van der Waals surface area contributed by atoms with Gasteiger partial charge in [0.05, 0.1) is 19.8 Å². The number of rotatable bonds is 11. The molecule has 1 saturated heterocycles. The molecule has 1 aromatic heterocycles. The van der Waals surface area contributed by atoms with Gasteiger partial charge in [0, 0.05) is 30.1 Å². The van der Waals surface area contributed by atoms with Crippen molar-refractivity contribution in [2.24, 2.45) is 0 Å². The number of halogens is 2. The summed E-state index contributed by atoms with van der Waals surface area (Å²) >= 11 is 1.71. The van der Waals surface area contributed by atoms with Crippen LogP contribution in [0.4, 0.5) is 0 Å². The first kappa shape index (κ1) is 26.0. The number of ether oxygens (including phenoxy) is 3. The maximum atomic E-state index is 6.14. The third-order valence-corrected chi connectivity index (χ3v) is 5.40. The Labute approximate surface area is 190 Å². The van der Waals surface area contributed by atoms with Crippen molar-refractivity contribution in [1.29, 1.82) is 0 Å². The van der Waals surface area contributed by atoms with E-state index in [4.69, 9.17) is 14.2 Å². The van der Waals surface area contributed by atoms with E-state index in [1.165, 1.54) is 4.88 Å². The Morgan fingerprint density at radius 1 is 1.10 bits per heavy atom. The fourth-order valence-electron chi connectivity index (χ4n) is 3.15. The van der Waals surface area contributed by atoms with Gasteiger partial charge in [-0.05, 0) is 43.9 Å². The molecule has 1 aliphatic heterocycles. The Morgan fingerprint density at radius 3 is 2.66 bits per heavy atom. The molecule has 0 amide bonds. The van der Waals surface area contributed by atoms with Crippen molar-refractivity contribution in [1.82, 2.24) is 10.2 Å². The average Bonchev–Trinajstić information content (AvgIpc) is 3.22. The molecule has 0 saturated carbocycles. The first-order valence-corrected chi connectivity index (χ1v) is 10.7. The molecule has 3 rings (SSSR count). The van der Waals surface area contributed by atoms with Gasteiger partial charge in [-0.1, -0.05) is 18.2 Å². The highest BCUT2D eigenvalue weighted by Crippen LogP contribution is 2.32. The predicted octanol–water partition coefficient (Wildman–Crippen LogP) is 4.38. The van der Waals surface area contributed by atoms with Crippen LogP contribution in [0.2, 0.25) is 0 Å². The second-order valence-electron chi connectivity index (χ2n) is 6.53. The van der Waals surface area contributed by atoms with Crippen molar-refractivity contribution in [2.75, 3.05) is 46.0 Å². The average molecular weight is 463 g/mol. The molecular weight excluding hydrogens is 431 g/mol. The second kappa shape index (κ2) is 14.9. The lowest BCUT2D eigenvalue weighted by Gasteiger charge is -2.26. The van der Waals surface area contributed by atoms with Gasteiger partial charge >= 0.3 is 0 Å². The third kappa shape index (κ3) is 8.70. The quantitative estimate of drug-likeness (QED) is 0.501. The van der Waals surface area contributed by atoms with Gasteiger partial charge in [-0.3, -0.25) is 4.90 Å². The van der Waals surface area contributed by atoms with E-state index in [0.717, 1.165) is 69.4 Å². The van der Waals surface area contributed by atoms with Crippen LogP contribution in [0.5, 0.6) is 11.5 Å². The fraction of sp³-hybridized carbons (Fsp3) is 0.524. The van der Waals surface area contributed by atoms with Gasteiger partial charge < -0.3 is 19.5 Å². The minimum absolute atomic E-state index is 0. The molecular formula is C21H32Cl2N2O3S. The van der Waals surface area contributed by atoms with Crippen LogP contribution >= 0.6 is 36.2 Å². The van der Waals surface area contributed by atoms with Gasteiger partial charge in [0.1, 0.15) is 6.61 Å². The molecule has 2 heterocycles. The zero-order chi connectivity index (χ0) is 18.7. The molecule has 1 aromatic carbocycles. The molecule has 8 heteroatoms. The maximum Gasteiger partial charge on any atom is 0.166 e. The summed E-state index contributed by atoms with van der Waals surface area (Å²) in [6.07, 6.45) is 1.14. The molecule has 0 unspecified atom stereocenters. The lowest BCUT2D eigenvalue weighted by atomic mass is 10.1. The van der Waals surface area contributed by atoms with E-state index in [0.29, 0.717) is 13.2 Å². The van der Waals surface area contributed by atoms with E-state index in [-0.39, 0.29) is 24.8 Å². The Balaban J connectivity index is 0.00000210. The van der Waals surface area contributed by atoms with E-state index in [2.05, 4.69) is 33.8 Å². The van der Waals surface area contributed by atoms with E-state index < -0.39 is 0 Å². The maximum absolute atomic E-state index is 6.14. The number of morpholine rings is 1. The molecule has 0 spiro atoms. The Kier molecular flexibility index (Phi) is 13.4.